The van der Waals surface area contributed by atoms with E-state index in [1.807, 2.05) is 0 Å². The van der Waals surface area contributed by atoms with E-state index in [4.69, 9.17) is 4.74 Å². The van der Waals surface area contributed by atoms with E-state index in [1.54, 1.807) is 25.3 Å². The highest BCUT2D eigenvalue weighted by atomic mass is 19.1. The van der Waals surface area contributed by atoms with Gasteiger partial charge in [0.15, 0.2) is 0 Å². The Morgan fingerprint density at radius 1 is 1.40 bits per heavy atom. The molecule has 1 rings (SSSR count). The first kappa shape index (κ1) is 16.6. The fourth-order valence-corrected chi connectivity index (χ4v) is 1.68. The zero-order valence-electron chi connectivity index (χ0n) is 11.6. The molecule has 20 heavy (non-hydrogen) atoms. The van der Waals surface area contributed by atoms with Crippen molar-refractivity contribution in [2.24, 2.45) is 0 Å². The van der Waals surface area contributed by atoms with E-state index in [0.29, 0.717) is 26.1 Å². The predicted octanol–water partition coefficient (Wildman–Crippen LogP) is 0.601. The lowest BCUT2D eigenvalue weighted by atomic mass is 10.1. The first-order chi connectivity index (χ1) is 9.65. The number of halogens is 1. The third kappa shape index (κ3) is 6.10. The number of hydrogen-bond acceptors (Lipinski definition) is 4. The van der Waals surface area contributed by atoms with Gasteiger partial charge in [-0.1, -0.05) is 18.2 Å². The van der Waals surface area contributed by atoms with Gasteiger partial charge in [0.05, 0.1) is 12.7 Å². The summed E-state index contributed by atoms with van der Waals surface area (Å²) in [6.45, 7) is 1.58. The Balaban J connectivity index is 2.18. The molecule has 112 valence electrons. The second-order valence-corrected chi connectivity index (χ2v) is 4.33. The van der Waals surface area contributed by atoms with Gasteiger partial charge >= 0.3 is 0 Å². The molecular weight excluding hydrogens is 263 g/mol. The van der Waals surface area contributed by atoms with Crippen molar-refractivity contribution >= 4 is 5.91 Å². The monoisotopic (exact) mass is 284 g/mol. The third-order valence-corrected chi connectivity index (χ3v) is 2.76. The molecule has 0 aliphatic rings. The van der Waals surface area contributed by atoms with E-state index >= 15 is 0 Å². The number of benzene rings is 1. The fourth-order valence-electron chi connectivity index (χ4n) is 1.68. The number of ether oxygens (including phenoxy) is 1. The highest BCUT2D eigenvalue weighted by molar-refractivity contribution is 5.75. The Morgan fingerprint density at radius 3 is 2.85 bits per heavy atom. The minimum Gasteiger partial charge on any atom is -0.387 e. The van der Waals surface area contributed by atoms with Gasteiger partial charge in [-0.25, -0.2) is 4.39 Å². The van der Waals surface area contributed by atoms with Crippen molar-refractivity contribution in [3.05, 3.63) is 35.6 Å². The van der Waals surface area contributed by atoms with Crippen LogP contribution in [0, 0.1) is 5.82 Å². The summed E-state index contributed by atoms with van der Waals surface area (Å²) in [5, 5.41) is 15.4. The number of nitrogens with one attached hydrogen (secondary N) is 2. The minimum absolute atomic E-state index is 0.0880. The van der Waals surface area contributed by atoms with Crippen molar-refractivity contribution in [3.8, 4) is 0 Å². The molecule has 1 atom stereocenters. The number of carbonyl (C=O) groups excluding carboxylic acids is 1. The van der Waals surface area contributed by atoms with Crippen LogP contribution in [0.25, 0.3) is 0 Å². The maximum absolute atomic E-state index is 13.4. The molecule has 0 saturated heterocycles. The van der Waals surface area contributed by atoms with Gasteiger partial charge in [0.1, 0.15) is 5.82 Å². The molecule has 0 fully saturated rings. The van der Waals surface area contributed by atoms with Crippen molar-refractivity contribution < 1.29 is 19.0 Å². The Hall–Kier alpha value is -1.50. The van der Waals surface area contributed by atoms with Gasteiger partial charge in [0.25, 0.3) is 0 Å². The van der Waals surface area contributed by atoms with Crippen molar-refractivity contribution in [1.29, 1.82) is 0 Å². The van der Waals surface area contributed by atoms with Crippen molar-refractivity contribution in [2.45, 2.75) is 12.5 Å². The van der Waals surface area contributed by atoms with Crippen LogP contribution in [0.3, 0.4) is 0 Å². The smallest absolute Gasteiger partial charge is 0.221 e. The molecule has 1 aromatic carbocycles. The molecule has 1 unspecified atom stereocenters. The van der Waals surface area contributed by atoms with Crippen LogP contribution in [0.5, 0.6) is 0 Å². The Labute approximate surface area is 118 Å². The quantitative estimate of drug-likeness (QED) is 0.581. The number of methoxy groups -OCH3 is 1. The van der Waals surface area contributed by atoms with Crippen LogP contribution in [-0.2, 0) is 9.53 Å². The van der Waals surface area contributed by atoms with Gasteiger partial charge < -0.3 is 20.5 Å². The van der Waals surface area contributed by atoms with Gasteiger partial charge in [-0.3, -0.25) is 4.79 Å². The normalized spacial score (nSPS) is 12.2. The van der Waals surface area contributed by atoms with Crippen LogP contribution in [0.4, 0.5) is 4.39 Å². The number of aliphatic hydroxyl groups excluding tert-OH is 1. The maximum atomic E-state index is 13.4. The number of aliphatic hydroxyl groups is 1. The molecule has 3 N–H and O–H groups in total. The molecule has 1 aromatic rings. The Kier molecular flexibility index (Phi) is 7.79. The molecule has 1 amide bonds. The number of carbonyl (C=O) groups is 1. The number of hydrogen-bond donors (Lipinski definition) is 3. The Bertz CT molecular complexity index is 415. The lowest BCUT2D eigenvalue weighted by Gasteiger charge is -2.13. The summed E-state index contributed by atoms with van der Waals surface area (Å²) < 4.78 is 18.2. The van der Waals surface area contributed by atoms with Gasteiger partial charge in [-0.05, 0) is 6.07 Å². The van der Waals surface area contributed by atoms with Crippen LogP contribution >= 0.6 is 0 Å². The summed E-state index contributed by atoms with van der Waals surface area (Å²) >= 11 is 0. The van der Waals surface area contributed by atoms with E-state index in [9.17, 15) is 14.3 Å². The highest BCUT2D eigenvalue weighted by Crippen LogP contribution is 2.15. The molecule has 0 bridgehead atoms. The second kappa shape index (κ2) is 9.41. The van der Waals surface area contributed by atoms with Gasteiger partial charge in [-0.2, -0.15) is 0 Å². The number of amides is 1. The molecule has 0 saturated carbocycles. The molecule has 5 nitrogen and oxygen atoms in total. The first-order valence-electron chi connectivity index (χ1n) is 6.54. The summed E-state index contributed by atoms with van der Waals surface area (Å²) in [6, 6.07) is 6.09. The van der Waals surface area contributed by atoms with Gasteiger partial charge in [0, 0.05) is 38.7 Å². The predicted molar refractivity (Wildman–Crippen MR) is 73.7 cm³/mol. The Morgan fingerprint density at radius 2 is 2.15 bits per heavy atom. The van der Waals surface area contributed by atoms with Crippen LogP contribution in [0.15, 0.2) is 24.3 Å². The van der Waals surface area contributed by atoms with Crippen LogP contribution in [0.2, 0.25) is 0 Å². The van der Waals surface area contributed by atoms with Crippen molar-refractivity contribution in [2.75, 3.05) is 33.4 Å². The summed E-state index contributed by atoms with van der Waals surface area (Å²) in [5.74, 6) is -0.519. The maximum Gasteiger partial charge on any atom is 0.221 e. The standard InChI is InChI=1S/C14H21FN2O3/c1-20-9-8-17-14(19)6-7-16-10-13(18)11-4-2-3-5-12(11)15/h2-5,13,16,18H,6-10H2,1H3,(H,17,19). The van der Waals surface area contributed by atoms with Crippen molar-refractivity contribution in [1.82, 2.24) is 10.6 Å². The lowest BCUT2D eigenvalue weighted by molar-refractivity contribution is -0.121. The summed E-state index contributed by atoms with van der Waals surface area (Å²) in [7, 11) is 1.57. The topological polar surface area (TPSA) is 70.6 Å². The van der Waals surface area contributed by atoms with E-state index < -0.39 is 11.9 Å². The molecular formula is C14H21FN2O3. The van der Waals surface area contributed by atoms with E-state index in [1.165, 1.54) is 6.07 Å². The van der Waals surface area contributed by atoms with E-state index in [-0.39, 0.29) is 18.0 Å². The van der Waals surface area contributed by atoms with Crippen LogP contribution < -0.4 is 10.6 Å². The lowest BCUT2D eigenvalue weighted by Crippen LogP contribution is -2.31. The minimum atomic E-state index is -0.923. The van der Waals surface area contributed by atoms with Crippen molar-refractivity contribution in [3.63, 3.8) is 0 Å². The third-order valence-electron chi connectivity index (χ3n) is 2.76. The average Bonchev–Trinajstić information content (AvgIpc) is 2.44. The van der Waals surface area contributed by atoms with Crippen LogP contribution in [0.1, 0.15) is 18.1 Å². The summed E-state index contributed by atoms with van der Waals surface area (Å²) in [5.41, 5.74) is 0.254. The first-order valence-corrected chi connectivity index (χ1v) is 6.54. The van der Waals surface area contributed by atoms with Gasteiger partial charge in [0.2, 0.25) is 5.91 Å². The fraction of sp³-hybridized carbons (Fsp3) is 0.500. The summed E-state index contributed by atoms with van der Waals surface area (Å²) in [4.78, 5) is 11.4. The summed E-state index contributed by atoms with van der Waals surface area (Å²) in [6.07, 6.45) is -0.624. The molecule has 0 radical (unpaired) electrons. The second-order valence-electron chi connectivity index (χ2n) is 4.33. The molecule has 0 heterocycles. The molecule has 0 spiro atoms. The molecule has 0 aliphatic carbocycles. The van der Waals surface area contributed by atoms with E-state index in [2.05, 4.69) is 10.6 Å². The van der Waals surface area contributed by atoms with Gasteiger partial charge in [-0.15, -0.1) is 0 Å². The number of rotatable bonds is 9. The molecule has 0 aromatic heterocycles. The average molecular weight is 284 g/mol. The van der Waals surface area contributed by atoms with E-state index in [0.717, 1.165) is 0 Å². The molecule has 6 heteroatoms. The SMILES string of the molecule is COCCNC(=O)CCNCC(O)c1ccccc1F. The van der Waals surface area contributed by atoms with Crippen LogP contribution in [-0.4, -0.2) is 44.4 Å². The zero-order chi connectivity index (χ0) is 14.8. The molecule has 0 aliphatic heterocycles. The highest BCUT2D eigenvalue weighted by Gasteiger charge is 2.11. The zero-order valence-corrected chi connectivity index (χ0v) is 11.6. The largest absolute Gasteiger partial charge is 0.387 e.